The highest BCUT2D eigenvalue weighted by Gasteiger charge is 2.14. The largest absolute Gasteiger partial charge is 0.492 e. The molecule has 176 valence electrons. The van der Waals surface area contributed by atoms with Crippen LogP contribution in [0.25, 0.3) is 0 Å². The molecule has 0 aromatic heterocycles. The average molecular weight is 460 g/mol. The highest BCUT2D eigenvalue weighted by molar-refractivity contribution is 5.98. The summed E-state index contributed by atoms with van der Waals surface area (Å²) in [7, 11) is 0. The van der Waals surface area contributed by atoms with E-state index in [1.165, 1.54) is 0 Å². The predicted octanol–water partition coefficient (Wildman–Crippen LogP) is 4.10. The van der Waals surface area contributed by atoms with E-state index in [0.29, 0.717) is 30.0 Å². The number of hydrogen-bond acceptors (Lipinski definition) is 4. The van der Waals surface area contributed by atoms with E-state index in [1.54, 1.807) is 24.3 Å². The second kappa shape index (κ2) is 12.2. The van der Waals surface area contributed by atoms with Crippen LogP contribution in [0.3, 0.4) is 0 Å². The number of benzene rings is 3. The summed E-state index contributed by atoms with van der Waals surface area (Å²) >= 11 is 0. The van der Waals surface area contributed by atoms with Crippen LogP contribution in [0, 0.1) is 13.8 Å². The number of hydrogen-bond donors (Lipinski definition) is 3. The molecule has 0 fully saturated rings. The smallest absolute Gasteiger partial charge is 0.273 e. The minimum absolute atomic E-state index is 0.00575. The van der Waals surface area contributed by atoms with Crippen LogP contribution in [0.1, 0.15) is 39.9 Å². The average Bonchev–Trinajstić information content (AvgIpc) is 2.84. The Morgan fingerprint density at radius 1 is 0.794 bits per heavy atom. The number of aryl methyl sites for hydroxylation is 2. The third kappa shape index (κ3) is 7.48. The number of amides is 3. The van der Waals surface area contributed by atoms with Gasteiger partial charge in [0.1, 0.15) is 5.75 Å². The van der Waals surface area contributed by atoms with Gasteiger partial charge in [0.2, 0.25) is 11.8 Å². The zero-order chi connectivity index (χ0) is 24.3. The quantitative estimate of drug-likeness (QED) is 0.420. The van der Waals surface area contributed by atoms with Crippen LogP contribution in [-0.4, -0.2) is 24.3 Å². The Morgan fingerprint density at radius 2 is 1.50 bits per heavy atom. The molecule has 0 aliphatic heterocycles. The van der Waals surface area contributed by atoms with Gasteiger partial charge in [-0.25, -0.2) is 0 Å². The topological polar surface area (TPSA) is 96.5 Å². The first kappa shape index (κ1) is 24.5. The van der Waals surface area contributed by atoms with Gasteiger partial charge >= 0.3 is 0 Å². The summed E-state index contributed by atoms with van der Waals surface area (Å²) in [5.41, 5.74) is 8.96. The van der Waals surface area contributed by atoms with Crippen LogP contribution in [0.5, 0.6) is 5.75 Å². The van der Waals surface area contributed by atoms with Gasteiger partial charge in [-0.1, -0.05) is 60.2 Å². The molecule has 0 spiro atoms. The summed E-state index contributed by atoms with van der Waals surface area (Å²) in [6.45, 7) is 4.30. The Balaban J connectivity index is 1.44. The second-order valence-electron chi connectivity index (χ2n) is 7.95. The van der Waals surface area contributed by atoms with E-state index >= 15 is 0 Å². The maximum atomic E-state index is 12.6. The van der Waals surface area contributed by atoms with E-state index in [2.05, 4.69) is 16.2 Å². The van der Waals surface area contributed by atoms with Gasteiger partial charge in [-0.05, 0) is 43.2 Å². The SMILES string of the molecule is Cc1ccc(NC(=O)CCC(=O)NNC(=O)c2ccccc2OCCc2ccccc2)c(C)c1. The van der Waals surface area contributed by atoms with Crippen molar-refractivity contribution in [3.63, 3.8) is 0 Å². The molecule has 0 aliphatic carbocycles. The van der Waals surface area contributed by atoms with Crippen molar-refractivity contribution in [2.24, 2.45) is 0 Å². The van der Waals surface area contributed by atoms with E-state index in [0.717, 1.165) is 16.7 Å². The first-order valence-electron chi connectivity index (χ1n) is 11.1. The first-order valence-corrected chi connectivity index (χ1v) is 11.1. The van der Waals surface area contributed by atoms with Crippen LogP contribution in [0.2, 0.25) is 0 Å². The molecule has 3 aromatic carbocycles. The molecule has 0 atom stereocenters. The molecule has 0 saturated heterocycles. The Hall–Kier alpha value is -4.13. The van der Waals surface area contributed by atoms with Crippen molar-refractivity contribution < 1.29 is 19.1 Å². The summed E-state index contributed by atoms with van der Waals surface area (Å²) in [6.07, 6.45) is 0.637. The van der Waals surface area contributed by atoms with Crippen molar-refractivity contribution in [2.45, 2.75) is 33.1 Å². The Labute approximate surface area is 199 Å². The normalized spacial score (nSPS) is 10.3. The highest BCUT2D eigenvalue weighted by Crippen LogP contribution is 2.18. The van der Waals surface area contributed by atoms with Crippen LogP contribution in [0.15, 0.2) is 72.8 Å². The van der Waals surface area contributed by atoms with E-state index in [4.69, 9.17) is 4.74 Å². The molecular weight excluding hydrogens is 430 g/mol. The number of para-hydroxylation sites is 1. The lowest BCUT2D eigenvalue weighted by atomic mass is 10.1. The Bertz CT molecular complexity index is 1150. The Kier molecular flexibility index (Phi) is 8.80. The fraction of sp³-hybridized carbons (Fsp3) is 0.222. The maximum absolute atomic E-state index is 12.6. The van der Waals surface area contributed by atoms with Crippen LogP contribution < -0.4 is 20.9 Å². The van der Waals surface area contributed by atoms with Gasteiger partial charge in [0.25, 0.3) is 5.91 Å². The molecule has 3 N–H and O–H groups in total. The summed E-state index contributed by atoms with van der Waals surface area (Å²) in [5, 5.41) is 2.80. The van der Waals surface area contributed by atoms with Crippen LogP contribution in [-0.2, 0) is 16.0 Å². The molecule has 0 saturated carbocycles. The molecule has 3 rings (SSSR count). The van der Waals surface area contributed by atoms with Gasteiger partial charge in [0.15, 0.2) is 0 Å². The van der Waals surface area contributed by atoms with Gasteiger partial charge in [-0.3, -0.25) is 25.2 Å². The fourth-order valence-electron chi connectivity index (χ4n) is 3.35. The number of rotatable bonds is 9. The van der Waals surface area contributed by atoms with E-state index < -0.39 is 11.8 Å². The van der Waals surface area contributed by atoms with E-state index in [1.807, 2.05) is 62.4 Å². The monoisotopic (exact) mass is 459 g/mol. The number of anilines is 1. The number of carbonyl (C=O) groups excluding carboxylic acids is 3. The number of nitrogens with one attached hydrogen (secondary N) is 3. The van der Waals surface area contributed by atoms with Crippen molar-refractivity contribution >= 4 is 23.4 Å². The minimum atomic E-state index is -0.497. The Morgan fingerprint density at radius 3 is 2.26 bits per heavy atom. The summed E-state index contributed by atoms with van der Waals surface area (Å²) in [4.78, 5) is 36.9. The van der Waals surface area contributed by atoms with Gasteiger partial charge in [0.05, 0.1) is 12.2 Å². The van der Waals surface area contributed by atoms with Crippen molar-refractivity contribution in [1.29, 1.82) is 0 Å². The highest BCUT2D eigenvalue weighted by atomic mass is 16.5. The molecule has 7 nitrogen and oxygen atoms in total. The van der Waals surface area contributed by atoms with Crippen molar-refractivity contribution in [2.75, 3.05) is 11.9 Å². The summed E-state index contributed by atoms with van der Waals surface area (Å²) in [5.74, 6) is -0.807. The molecule has 0 radical (unpaired) electrons. The third-order valence-corrected chi connectivity index (χ3v) is 5.17. The zero-order valence-corrected chi connectivity index (χ0v) is 19.4. The molecule has 0 bridgehead atoms. The molecule has 0 aliphatic rings. The van der Waals surface area contributed by atoms with Crippen LogP contribution >= 0.6 is 0 Å². The number of carbonyl (C=O) groups is 3. The molecule has 0 heterocycles. The first-order chi connectivity index (χ1) is 16.4. The van der Waals surface area contributed by atoms with E-state index in [-0.39, 0.29) is 18.7 Å². The molecule has 3 aromatic rings. The second-order valence-corrected chi connectivity index (χ2v) is 7.95. The lowest BCUT2D eigenvalue weighted by Gasteiger charge is -2.12. The minimum Gasteiger partial charge on any atom is -0.492 e. The van der Waals surface area contributed by atoms with Gasteiger partial charge in [-0.15, -0.1) is 0 Å². The lowest BCUT2D eigenvalue weighted by molar-refractivity contribution is -0.124. The maximum Gasteiger partial charge on any atom is 0.273 e. The van der Waals surface area contributed by atoms with Gasteiger partial charge < -0.3 is 10.1 Å². The summed E-state index contributed by atoms with van der Waals surface area (Å²) in [6, 6.07) is 22.5. The predicted molar refractivity (Wildman–Crippen MR) is 131 cm³/mol. The van der Waals surface area contributed by atoms with Crippen molar-refractivity contribution in [3.05, 3.63) is 95.1 Å². The number of hydrazine groups is 1. The van der Waals surface area contributed by atoms with Gasteiger partial charge in [-0.2, -0.15) is 0 Å². The van der Waals surface area contributed by atoms with Crippen molar-refractivity contribution in [3.8, 4) is 5.75 Å². The molecule has 7 heteroatoms. The van der Waals surface area contributed by atoms with Gasteiger partial charge in [0, 0.05) is 24.9 Å². The zero-order valence-electron chi connectivity index (χ0n) is 19.4. The lowest BCUT2D eigenvalue weighted by Crippen LogP contribution is -2.42. The molecule has 3 amide bonds. The standard InChI is InChI=1S/C27H29N3O4/c1-19-12-13-23(20(2)18-19)28-25(31)14-15-26(32)29-30-27(33)22-10-6-7-11-24(22)34-17-16-21-8-4-3-5-9-21/h3-13,18H,14-17H2,1-2H3,(H,28,31)(H,29,32)(H,30,33). The van der Waals surface area contributed by atoms with Crippen molar-refractivity contribution in [1.82, 2.24) is 10.9 Å². The summed E-state index contributed by atoms with van der Waals surface area (Å²) < 4.78 is 5.80. The van der Waals surface area contributed by atoms with Crippen LogP contribution in [0.4, 0.5) is 5.69 Å². The third-order valence-electron chi connectivity index (χ3n) is 5.17. The molecule has 34 heavy (non-hydrogen) atoms. The molecular formula is C27H29N3O4. The fourth-order valence-corrected chi connectivity index (χ4v) is 3.35. The van der Waals surface area contributed by atoms with E-state index in [9.17, 15) is 14.4 Å². The number of ether oxygens (including phenoxy) is 1. The molecule has 0 unspecified atom stereocenters.